The van der Waals surface area contributed by atoms with Gasteiger partial charge in [-0.1, -0.05) is 11.6 Å². The van der Waals surface area contributed by atoms with Crippen LogP contribution in [0.1, 0.15) is 35.2 Å². The number of pyridine rings is 1. The van der Waals surface area contributed by atoms with Gasteiger partial charge in [0.25, 0.3) is 5.91 Å². The van der Waals surface area contributed by atoms with E-state index >= 15 is 0 Å². The van der Waals surface area contributed by atoms with Crippen molar-refractivity contribution in [1.82, 2.24) is 24.9 Å². The maximum absolute atomic E-state index is 13.7. The van der Waals surface area contributed by atoms with Crippen molar-refractivity contribution in [3.05, 3.63) is 65.9 Å². The maximum Gasteiger partial charge on any atom is 0.256 e. The van der Waals surface area contributed by atoms with Gasteiger partial charge in [0.05, 0.1) is 35.9 Å². The third-order valence-corrected chi connectivity index (χ3v) is 5.98. The van der Waals surface area contributed by atoms with E-state index in [0.29, 0.717) is 29.7 Å². The number of aromatic nitrogens is 4. The molecule has 3 aromatic rings. The fourth-order valence-electron chi connectivity index (χ4n) is 4.50. The minimum absolute atomic E-state index is 0.0326. The van der Waals surface area contributed by atoms with E-state index < -0.39 is 5.82 Å². The Labute approximate surface area is 173 Å². The van der Waals surface area contributed by atoms with Crippen LogP contribution in [-0.4, -0.2) is 49.5 Å². The molecule has 0 N–H and O–H groups in total. The summed E-state index contributed by atoms with van der Waals surface area (Å²) in [4.78, 5) is 21.1. The summed E-state index contributed by atoms with van der Waals surface area (Å²) < 4.78 is 18.9. The minimum Gasteiger partial charge on any atom is -0.475 e. The van der Waals surface area contributed by atoms with Crippen LogP contribution in [0.2, 0.25) is 0 Å². The van der Waals surface area contributed by atoms with Crippen LogP contribution in [0.3, 0.4) is 0 Å². The molecule has 2 aliphatic heterocycles. The Kier molecular flexibility index (Phi) is 4.69. The van der Waals surface area contributed by atoms with E-state index in [1.165, 1.54) is 16.9 Å². The molecule has 3 fully saturated rings. The van der Waals surface area contributed by atoms with Crippen LogP contribution in [0, 0.1) is 18.7 Å². The largest absolute Gasteiger partial charge is 0.475 e. The lowest BCUT2D eigenvalue weighted by molar-refractivity contribution is -0.0310. The van der Waals surface area contributed by atoms with Crippen molar-refractivity contribution in [3.63, 3.8) is 0 Å². The first-order chi connectivity index (χ1) is 14.6. The average molecular weight is 407 g/mol. The number of fused-ring (bicyclic) bond motifs is 2. The van der Waals surface area contributed by atoms with Crippen molar-refractivity contribution in [2.45, 2.75) is 38.3 Å². The molecule has 0 unspecified atom stereocenters. The van der Waals surface area contributed by atoms with E-state index in [1.54, 1.807) is 12.4 Å². The molecule has 1 aliphatic carbocycles. The van der Waals surface area contributed by atoms with E-state index in [4.69, 9.17) is 4.74 Å². The number of piperidine rings is 2. The Hall–Kier alpha value is -3.29. The molecule has 2 bridgehead atoms. The van der Waals surface area contributed by atoms with Gasteiger partial charge in [-0.25, -0.2) is 9.37 Å². The third-order valence-electron chi connectivity index (χ3n) is 5.98. The molecular formula is C22H22FN5O2. The Morgan fingerprint density at radius 1 is 1.17 bits per heavy atom. The Morgan fingerprint density at radius 2 is 1.97 bits per heavy atom. The maximum atomic E-state index is 13.7. The Bertz CT molecular complexity index is 1050. The van der Waals surface area contributed by atoms with Crippen LogP contribution in [0.5, 0.6) is 5.88 Å². The molecule has 1 atom stereocenters. The van der Waals surface area contributed by atoms with Crippen LogP contribution in [-0.2, 0) is 0 Å². The van der Waals surface area contributed by atoms with Crippen molar-refractivity contribution < 1.29 is 13.9 Å². The van der Waals surface area contributed by atoms with Crippen molar-refractivity contribution in [2.24, 2.45) is 5.92 Å². The van der Waals surface area contributed by atoms with Crippen LogP contribution in [0.25, 0.3) is 5.69 Å². The first-order valence-electron chi connectivity index (χ1n) is 10.1. The lowest BCUT2D eigenvalue weighted by atomic mass is 9.70. The summed E-state index contributed by atoms with van der Waals surface area (Å²) in [5.41, 5.74) is 2.25. The number of ether oxygens (including phenoxy) is 1. The highest BCUT2D eigenvalue weighted by Gasteiger charge is 2.47. The number of carbonyl (C=O) groups is 1. The second-order valence-corrected chi connectivity index (χ2v) is 8.06. The van der Waals surface area contributed by atoms with Crippen molar-refractivity contribution >= 4 is 5.91 Å². The van der Waals surface area contributed by atoms with Crippen LogP contribution in [0.15, 0.2) is 48.9 Å². The summed E-state index contributed by atoms with van der Waals surface area (Å²) in [5, 5.41) is 8.41. The number of rotatable bonds is 5. The van der Waals surface area contributed by atoms with Crippen LogP contribution >= 0.6 is 0 Å². The molecule has 2 saturated heterocycles. The molecule has 1 amide bonds. The summed E-state index contributed by atoms with van der Waals surface area (Å²) >= 11 is 0. The molecule has 30 heavy (non-hydrogen) atoms. The van der Waals surface area contributed by atoms with Gasteiger partial charge < -0.3 is 9.64 Å². The first kappa shape index (κ1) is 18.7. The Morgan fingerprint density at radius 3 is 2.70 bits per heavy atom. The topological polar surface area (TPSA) is 73.1 Å². The molecule has 2 aromatic heterocycles. The van der Waals surface area contributed by atoms with Crippen molar-refractivity contribution in [3.8, 4) is 11.6 Å². The highest BCUT2D eigenvalue weighted by Crippen LogP contribution is 2.43. The number of aryl methyl sites for hydroxylation is 1. The van der Waals surface area contributed by atoms with E-state index in [-0.39, 0.29) is 18.0 Å². The normalized spacial score (nSPS) is 22.5. The second-order valence-electron chi connectivity index (χ2n) is 8.06. The zero-order valence-corrected chi connectivity index (χ0v) is 16.6. The SMILES string of the molecule is Cc1ccc(-n2nccn2)c(C(=O)N2C3CC(C3)C[C@H]2COc2ccc(F)cn2)c1. The third kappa shape index (κ3) is 3.42. The number of carbonyl (C=O) groups excluding carboxylic acids is 1. The quantitative estimate of drug-likeness (QED) is 0.650. The van der Waals surface area contributed by atoms with Crippen molar-refractivity contribution in [2.75, 3.05) is 6.61 Å². The van der Waals surface area contributed by atoms with Gasteiger partial charge in [0.15, 0.2) is 0 Å². The van der Waals surface area contributed by atoms with Gasteiger partial charge in [0.2, 0.25) is 5.88 Å². The summed E-state index contributed by atoms with van der Waals surface area (Å²) in [6.07, 6.45) is 7.27. The van der Waals surface area contributed by atoms with Gasteiger partial charge in [0, 0.05) is 12.1 Å². The number of nitrogens with zero attached hydrogens (tertiary/aromatic N) is 5. The highest BCUT2D eigenvalue weighted by atomic mass is 19.1. The standard InChI is InChI=1S/C22H22FN5O2/c1-14-2-4-20(28-25-6-7-26-28)19(8-14)22(29)27-17-9-15(10-17)11-18(27)13-30-21-5-3-16(23)12-24-21/h2-8,12,15,17-18H,9-11,13H2,1H3/t15?,17?,18-/m0/s1. The Balaban J connectivity index is 1.42. The number of amides is 1. The van der Waals surface area contributed by atoms with E-state index in [1.807, 2.05) is 30.0 Å². The molecule has 0 radical (unpaired) electrons. The zero-order valence-electron chi connectivity index (χ0n) is 16.6. The molecular weight excluding hydrogens is 385 g/mol. The van der Waals surface area contributed by atoms with Gasteiger partial charge in [-0.05, 0) is 50.3 Å². The van der Waals surface area contributed by atoms with Gasteiger partial charge in [0.1, 0.15) is 12.4 Å². The molecule has 7 nitrogen and oxygen atoms in total. The van der Waals surface area contributed by atoms with Crippen molar-refractivity contribution in [1.29, 1.82) is 0 Å². The molecule has 6 rings (SSSR count). The summed E-state index contributed by atoms with van der Waals surface area (Å²) in [6.45, 7) is 2.30. The fraction of sp³-hybridized carbons (Fsp3) is 0.364. The summed E-state index contributed by atoms with van der Waals surface area (Å²) in [5.74, 6) is 0.547. The number of halogens is 1. The first-order valence-corrected chi connectivity index (χ1v) is 10.1. The lowest BCUT2D eigenvalue weighted by Gasteiger charge is -2.53. The van der Waals surface area contributed by atoms with Crippen LogP contribution in [0.4, 0.5) is 4.39 Å². The number of hydrogen-bond acceptors (Lipinski definition) is 5. The molecule has 1 aromatic carbocycles. The second kappa shape index (κ2) is 7.51. The monoisotopic (exact) mass is 407 g/mol. The molecule has 1 saturated carbocycles. The van der Waals surface area contributed by atoms with E-state index in [9.17, 15) is 9.18 Å². The zero-order chi connectivity index (χ0) is 20.7. The molecule has 4 heterocycles. The lowest BCUT2D eigenvalue weighted by Crippen LogP contribution is -2.60. The van der Waals surface area contributed by atoms with Gasteiger partial charge in [-0.2, -0.15) is 15.0 Å². The van der Waals surface area contributed by atoms with E-state index in [0.717, 1.165) is 31.0 Å². The minimum atomic E-state index is -0.405. The summed E-state index contributed by atoms with van der Waals surface area (Å²) in [7, 11) is 0. The predicted octanol–water partition coefficient (Wildman–Crippen LogP) is 3.18. The molecule has 0 spiro atoms. The average Bonchev–Trinajstić information content (AvgIpc) is 3.26. The summed E-state index contributed by atoms with van der Waals surface area (Å²) in [6, 6.07) is 8.71. The van der Waals surface area contributed by atoms with Gasteiger partial charge in [-0.3, -0.25) is 4.79 Å². The van der Waals surface area contributed by atoms with Crippen LogP contribution < -0.4 is 4.74 Å². The fourth-order valence-corrected chi connectivity index (χ4v) is 4.50. The van der Waals surface area contributed by atoms with Gasteiger partial charge >= 0.3 is 0 Å². The molecule has 8 heteroatoms. The highest BCUT2D eigenvalue weighted by molar-refractivity contribution is 5.98. The number of benzene rings is 1. The predicted molar refractivity (Wildman–Crippen MR) is 107 cm³/mol. The molecule has 3 aliphatic rings. The molecule has 154 valence electrons. The smallest absolute Gasteiger partial charge is 0.256 e. The number of hydrogen-bond donors (Lipinski definition) is 0. The van der Waals surface area contributed by atoms with E-state index in [2.05, 4.69) is 15.2 Å². The van der Waals surface area contributed by atoms with Gasteiger partial charge in [-0.15, -0.1) is 0 Å².